The number of benzene rings is 1. The quantitative estimate of drug-likeness (QED) is 0.583. The van der Waals surface area contributed by atoms with E-state index in [0.29, 0.717) is 17.1 Å². The Bertz CT molecular complexity index is 1330. The molecule has 1 saturated heterocycles. The SMILES string of the molecule is CC1=C(/C=C/c2cc(-c3ccc(F)cc3)n(C)n2)CC2CCC(C1)C21CN(CC(F)(F)F)S(=O)(=O)N1. The third-order valence-corrected chi connectivity index (χ3v) is 9.41. The highest BCUT2D eigenvalue weighted by Gasteiger charge is 2.60. The van der Waals surface area contributed by atoms with Crippen LogP contribution in [0.25, 0.3) is 17.3 Å². The van der Waals surface area contributed by atoms with E-state index in [-0.39, 0.29) is 24.2 Å². The summed E-state index contributed by atoms with van der Waals surface area (Å²) in [7, 11) is -2.39. The predicted octanol–water partition coefficient (Wildman–Crippen LogP) is 4.83. The van der Waals surface area contributed by atoms with E-state index >= 15 is 0 Å². The van der Waals surface area contributed by atoms with E-state index in [1.54, 1.807) is 16.8 Å². The molecule has 194 valence electrons. The standard InChI is InChI=1S/C25H28F4N4O2S/c1-16-11-19-6-7-20(24(19)14-33(15-25(27,28)29)36(34,35)31-24)12-18(16)5-10-22-13-23(32(2)30-22)17-3-8-21(26)9-4-17/h3-5,8-10,13,19-20,31H,6-7,11-12,14-15H2,1-2H3/b10-5+. The number of aryl methyl sites for hydroxylation is 1. The summed E-state index contributed by atoms with van der Waals surface area (Å²) < 4.78 is 82.7. The maximum atomic E-state index is 13.3. The smallest absolute Gasteiger partial charge is 0.267 e. The number of nitrogens with zero attached hydrogens (tertiary/aromatic N) is 3. The molecule has 1 saturated carbocycles. The van der Waals surface area contributed by atoms with Crippen molar-refractivity contribution in [1.82, 2.24) is 18.8 Å². The summed E-state index contributed by atoms with van der Waals surface area (Å²) >= 11 is 0. The molecule has 6 nitrogen and oxygen atoms in total. The first-order chi connectivity index (χ1) is 16.9. The van der Waals surface area contributed by atoms with Gasteiger partial charge in [0.05, 0.1) is 16.9 Å². The number of alkyl halides is 3. The molecule has 1 aromatic heterocycles. The maximum absolute atomic E-state index is 13.3. The van der Waals surface area contributed by atoms with Gasteiger partial charge in [-0.15, -0.1) is 0 Å². The number of halogens is 4. The lowest BCUT2D eigenvalue weighted by Crippen LogP contribution is -2.51. The van der Waals surface area contributed by atoms with Crippen LogP contribution in [0.3, 0.4) is 0 Å². The molecule has 11 heteroatoms. The van der Waals surface area contributed by atoms with Crippen LogP contribution in [0.15, 0.2) is 47.6 Å². The van der Waals surface area contributed by atoms with Crippen LogP contribution in [0.2, 0.25) is 0 Å². The van der Waals surface area contributed by atoms with Gasteiger partial charge in [0.2, 0.25) is 0 Å². The average molecular weight is 525 g/mol. The fourth-order valence-corrected chi connectivity index (χ4v) is 7.80. The minimum atomic E-state index is -4.60. The van der Waals surface area contributed by atoms with Crippen molar-refractivity contribution in [1.29, 1.82) is 0 Å². The van der Waals surface area contributed by atoms with Gasteiger partial charge in [-0.2, -0.15) is 35.7 Å². The summed E-state index contributed by atoms with van der Waals surface area (Å²) in [6.07, 6.45) is 2.03. The normalized spacial score (nSPS) is 28.5. The lowest BCUT2D eigenvalue weighted by Gasteiger charge is -2.34. The van der Waals surface area contributed by atoms with E-state index in [1.807, 2.05) is 32.2 Å². The molecule has 36 heavy (non-hydrogen) atoms. The maximum Gasteiger partial charge on any atom is 0.402 e. The number of rotatable bonds is 4. The second kappa shape index (κ2) is 8.81. The Morgan fingerprint density at radius 3 is 2.47 bits per heavy atom. The van der Waals surface area contributed by atoms with Crippen molar-refractivity contribution in [2.45, 2.75) is 44.3 Å². The highest BCUT2D eigenvalue weighted by Crippen LogP contribution is 2.52. The Balaban J connectivity index is 1.37. The van der Waals surface area contributed by atoms with Gasteiger partial charge in [-0.3, -0.25) is 4.68 Å². The van der Waals surface area contributed by atoms with Gasteiger partial charge in [0, 0.05) is 13.6 Å². The molecule has 2 fully saturated rings. The molecule has 5 rings (SSSR count). The predicted molar refractivity (Wildman–Crippen MR) is 128 cm³/mol. The van der Waals surface area contributed by atoms with E-state index in [2.05, 4.69) is 9.82 Å². The monoisotopic (exact) mass is 524 g/mol. The van der Waals surface area contributed by atoms with Crippen molar-refractivity contribution in [3.05, 3.63) is 59.1 Å². The molecule has 1 aromatic carbocycles. The zero-order valence-corrected chi connectivity index (χ0v) is 20.8. The van der Waals surface area contributed by atoms with Gasteiger partial charge in [0.25, 0.3) is 10.2 Å². The van der Waals surface area contributed by atoms with Crippen molar-refractivity contribution in [3.8, 4) is 11.3 Å². The summed E-state index contributed by atoms with van der Waals surface area (Å²) in [6, 6.07) is 8.09. The summed E-state index contributed by atoms with van der Waals surface area (Å²) in [5.41, 5.74) is 3.68. The van der Waals surface area contributed by atoms with Crippen LogP contribution in [0.4, 0.5) is 17.6 Å². The van der Waals surface area contributed by atoms with Gasteiger partial charge in [-0.1, -0.05) is 11.6 Å². The van der Waals surface area contributed by atoms with Crippen molar-refractivity contribution in [2.24, 2.45) is 18.9 Å². The number of allylic oxidation sites excluding steroid dienone is 3. The molecule has 3 atom stereocenters. The number of hydrogen-bond donors (Lipinski definition) is 1. The van der Waals surface area contributed by atoms with Crippen LogP contribution in [0.1, 0.15) is 38.3 Å². The van der Waals surface area contributed by atoms with Crippen LogP contribution in [-0.2, 0) is 17.3 Å². The van der Waals surface area contributed by atoms with Crippen molar-refractivity contribution < 1.29 is 26.0 Å². The summed E-state index contributed by atoms with van der Waals surface area (Å²) in [4.78, 5) is 0. The molecular formula is C25H28F4N4O2S. The molecule has 0 amide bonds. The molecule has 0 radical (unpaired) electrons. The van der Waals surface area contributed by atoms with Crippen molar-refractivity contribution >= 4 is 16.3 Å². The van der Waals surface area contributed by atoms with E-state index < -0.39 is 28.5 Å². The molecule has 2 aliphatic carbocycles. The van der Waals surface area contributed by atoms with Crippen molar-refractivity contribution in [3.63, 3.8) is 0 Å². The van der Waals surface area contributed by atoms with E-state index in [4.69, 9.17) is 0 Å². The first-order valence-corrected chi connectivity index (χ1v) is 13.3. The molecule has 2 heterocycles. The second-order valence-electron chi connectivity index (χ2n) is 10.1. The van der Waals surface area contributed by atoms with Crippen LogP contribution in [-0.4, -0.2) is 47.3 Å². The van der Waals surface area contributed by atoms with Crippen molar-refractivity contribution in [2.75, 3.05) is 13.1 Å². The van der Waals surface area contributed by atoms with Gasteiger partial charge in [0.15, 0.2) is 0 Å². The summed E-state index contributed by atoms with van der Waals surface area (Å²) in [5.74, 6) is -0.456. The van der Waals surface area contributed by atoms with Gasteiger partial charge < -0.3 is 0 Å². The molecule has 2 aromatic rings. The number of aromatic nitrogens is 2. The van der Waals surface area contributed by atoms with Gasteiger partial charge in [0.1, 0.15) is 12.4 Å². The highest BCUT2D eigenvalue weighted by atomic mass is 32.2. The first-order valence-electron chi connectivity index (χ1n) is 11.9. The van der Waals surface area contributed by atoms with Crippen LogP contribution < -0.4 is 4.72 Å². The zero-order valence-electron chi connectivity index (χ0n) is 20.0. The number of hydrogen-bond acceptors (Lipinski definition) is 3. The van der Waals surface area contributed by atoms with E-state index in [9.17, 15) is 26.0 Å². The van der Waals surface area contributed by atoms with Crippen LogP contribution >= 0.6 is 0 Å². The Morgan fingerprint density at radius 1 is 1.14 bits per heavy atom. The van der Waals surface area contributed by atoms with E-state index in [0.717, 1.165) is 40.9 Å². The molecule has 1 spiro atoms. The molecule has 1 N–H and O–H groups in total. The fourth-order valence-electron chi connectivity index (χ4n) is 6.10. The fraction of sp³-hybridized carbons (Fsp3) is 0.480. The summed E-state index contributed by atoms with van der Waals surface area (Å²) in [6.45, 7) is 0.377. The molecular weight excluding hydrogens is 496 g/mol. The minimum absolute atomic E-state index is 0.0543. The highest BCUT2D eigenvalue weighted by molar-refractivity contribution is 7.87. The van der Waals surface area contributed by atoms with Gasteiger partial charge in [-0.05, 0) is 92.0 Å². The molecule has 2 bridgehead atoms. The topological polar surface area (TPSA) is 67.2 Å². The Morgan fingerprint density at radius 2 is 1.81 bits per heavy atom. The van der Waals surface area contributed by atoms with Crippen LogP contribution in [0.5, 0.6) is 0 Å². The van der Waals surface area contributed by atoms with Crippen LogP contribution in [0, 0.1) is 17.7 Å². The third kappa shape index (κ3) is 4.64. The Labute approximate surface area is 207 Å². The average Bonchev–Trinajstić information content (AvgIpc) is 3.35. The van der Waals surface area contributed by atoms with Gasteiger partial charge in [-0.25, -0.2) is 4.39 Å². The molecule has 3 unspecified atom stereocenters. The second-order valence-corrected chi connectivity index (χ2v) is 11.8. The zero-order chi connectivity index (χ0) is 25.9. The molecule has 3 aliphatic rings. The summed E-state index contributed by atoms with van der Waals surface area (Å²) in [5, 5.41) is 4.53. The van der Waals surface area contributed by atoms with E-state index in [1.165, 1.54) is 12.1 Å². The number of nitrogens with one attached hydrogen (secondary N) is 1. The lowest BCUT2D eigenvalue weighted by atomic mass is 9.79. The Hall–Kier alpha value is -2.50. The largest absolute Gasteiger partial charge is 0.402 e. The first kappa shape index (κ1) is 25.2. The lowest BCUT2D eigenvalue weighted by molar-refractivity contribution is -0.136. The minimum Gasteiger partial charge on any atom is -0.267 e. The van der Waals surface area contributed by atoms with Gasteiger partial charge >= 0.3 is 6.18 Å². The Kier molecular flexibility index (Phi) is 6.16. The molecule has 1 aliphatic heterocycles. The third-order valence-electron chi connectivity index (χ3n) is 7.83.